The third-order valence-electron chi connectivity index (χ3n) is 4.01. The quantitative estimate of drug-likeness (QED) is 0.808. The van der Waals surface area contributed by atoms with Crippen LogP contribution in [0.25, 0.3) is 0 Å². The molecule has 1 fully saturated rings. The number of rotatable bonds is 4. The summed E-state index contributed by atoms with van der Waals surface area (Å²) in [6.07, 6.45) is -0.236. The van der Waals surface area contributed by atoms with Gasteiger partial charge in [0, 0.05) is 12.2 Å². The topological polar surface area (TPSA) is 29.5 Å². The fourth-order valence-corrected chi connectivity index (χ4v) is 2.57. The standard InChI is InChI=1S/C18H18FNO2/c1-12-3-7-15(8-4-12)20-11-17(18(20)21)13(2)22-16-9-5-14(19)6-10-16/h3-10,13,17H,11H2,1-2H3. The number of nitrogens with zero attached hydrogens (tertiary/aromatic N) is 1. The molecule has 0 spiro atoms. The second-order valence-electron chi connectivity index (χ2n) is 5.67. The highest BCUT2D eigenvalue weighted by Gasteiger charge is 2.42. The molecule has 3 rings (SSSR count). The SMILES string of the molecule is Cc1ccc(N2CC(C(C)Oc3ccc(F)cc3)C2=O)cc1. The van der Waals surface area contributed by atoms with Crippen molar-refractivity contribution in [1.29, 1.82) is 0 Å². The maximum Gasteiger partial charge on any atom is 0.235 e. The molecule has 0 bridgehead atoms. The Morgan fingerprint density at radius 2 is 1.77 bits per heavy atom. The van der Waals surface area contributed by atoms with E-state index in [1.54, 1.807) is 17.0 Å². The van der Waals surface area contributed by atoms with E-state index in [0.29, 0.717) is 12.3 Å². The van der Waals surface area contributed by atoms with Crippen LogP contribution in [-0.2, 0) is 4.79 Å². The average molecular weight is 299 g/mol. The molecule has 114 valence electrons. The smallest absolute Gasteiger partial charge is 0.235 e. The van der Waals surface area contributed by atoms with E-state index in [2.05, 4.69) is 0 Å². The third-order valence-corrected chi connectivity index (χ3v) is 4.01. The number of ether oxygens (including phenoxy) is 1. The number of aryl methyl sites for hydroxylation is 1. The normalized spacial score (nSPS) is 18.8. The summed E-state index contributed by atoms with van der Waals surface area (Å²) in [5.74, 6) is 0.186. The van der Waals surface area contributed by atoms with Crippen LogP contribution in [0.4, 0.5) is 10.1 Å². The molecule has 1 amide bonds. The summed E-state index contributed by atoms with van der Waals surface area (Å²) in [6, 6.07) is 13.7. The van der Waals surface area contributed by atoms with Crippen LogP contribution >= 0.6 is 0 Å². The van der Waals surface area contributed by atoms with Gasteiger partial charge in [0.25, 0.3) is 0 Å². The van der Waals surface area contributed by atoms with Crippen LogP contribution in [0.2, 0.25) is 0 Å². The minimum atomic E-state index is -0.301. The van der Waals surface area contributed by atoms with Gasteiger partial charge in [0.1, 0.15) is 17.7 Å². The van der Waals surface area contributed by atoms with Crippen molar-refractivity contribution in [2.24, 2.45) is 5.92 Å². The van der Waals surface area contributed by atoms with Crippen molar-refractivity contribution in [2.45, 2.75) is 20.0 Å². The summed E-state index contributed by atoms with van der Waals surface area (Å²) in [6.45, 7) is 4.53. The van der Waals surface area contributed by atoms with Crippen molar-refractivity contribution < 1.29 is 13.9 Å². The number of hydrogen-bond donors (Lipinski definition) is 0. The molecular formula is C18H18FNO2. The number of benzene rings is 2. The number of amides is 1. The number of β-lactam (4-membered cyclic amide) rings is 1. The third kappa shape index (κ3) is 2.82. The molecule has 1 heterocycles. The molecule has 2 atom stereocenters. The minimum Gasteiger partial charge on any atom is -0.490 e. The summed E-state index contributed by atoms with van der Waals surface area (Å²) in [7, 11) is 0. The van der Waals surface area contributed by atoms with Crippen molar-refractivity contribution in [3.05, 3.63) is 59.9 Å². The number of halogens is 1. The van der Waals surface area contributed by atoms with Crippen LogP contribution in [0.15, 0.2) is 48.5 Å². The largest absolute Gasteiger partial charge is 0.490 e. The second-order valence-corrected chi connectivity index (χ2v) is 5.67. The molecular weight excluding hydrogens is 281 g/mol. The van der Waals surface area contributed by atoms with Crippen LogP contribution in [0, 0.1) is 18.7 Å². The molecule has 0 aliphatic carbocycles. The summed E-state index contributed by atoms with van der Waals surface area (Å²) in [5.41, 5.74) is 2.09. The molecule has 2 aromatic carbocycles. The highest BCUT2D eigenvalue weighted by molar-refractivity contribution is 6.01. The van der Waals surface area contributed by atoms with Crippen LogP contribution in [-0.4, -0.2) is 18.6 Å². The molecule has 0 radical (unpaired) electrons. The monoisotopic (exact) mass is 299 g/mol. The Labute approximate surface area is 129 Å². The second kappa shape index (κ2) is 5.79. The van der Waals surface area contributed by atoms with E-state index in [1.807, 2.05) is 38.1 Å². The van der Waals surface area contributed by atoms with Crippen molar-refractivity contribution in [2.75, 3.05) is 11.4 Å². The first kappa shape index (κ1) is 14.6. The molecule has 0 saturated carbocycles. The summed E-state index contributed by atoms with van der Waals surface area (Å²) in [5, 5.41) is 0. The van der Waals surface area contributed by atoms with Gasteiger partial charge >= 0.3 is 0 Å². The Balaban J connectivity index is 1.61. The molecule has 1 aliphatic heterocycles. The molecule has 3 nitrogen and oxygen atoms in total. The van der Waals surface area contributed by atoms with Gasteiger partial charge in [0.2, 0.25) is 5.91 Å². The predicted octanol–water partition coefficient (Wildman–Crippen LogP) is 3.56. The summed E-state index contributed by atoms with van der Waals surface area (Å²) < 4.78 is 18.6. The van der Waals surface area contributed by atoms with E-state index in [9.17, 15) is 9.18 Å². The van der Waals surface area contributed by atoms with Gasteiger partial charge in [-0.1, -0.05) is 17.7 Å². The van der Waals surface area contributed by atoms with Crippen LogP contribution in [0.5, 0.6) is 5.75 Å². The fourth-order valence-electron chi connectivity index (χ4n) is 2.57. The van der Waals surface area contributed by atoms with E-state index in [-0.39, 0.29) is 23.7 Å². The highest BCUT2D eigenvalue weighted by atomic mass is 19.1. The van der Waals surface area contributed by atoms with Gasteiger partial charge in [-0.05, 0) is 50.2 Å². The van der Waals surface area contributed by atoms with Gasteiger partial charge in [0.15, 0.2) is 0 Å². The first-order chi connectivity index (χ1) is 10.5. The van der Waals surface area contributed by atoms with E-state index in [1.165, 1.54) is 17.7 Å². The van der Waals surface area contributed by atoms with Crippen molar-refractivity contribution in [3.63, 3.8) is 0 Å². The number of carbonyl (C=O) groups excluding carboxylic acids is 1. The Hall–Kier alpha value is -2.36. The molecule has 0 N–H and O–H groups in total. The Bertz CT molecular complexity index is 666. The lowest BCUT2D eigenvalue weighted by Gasteiger charge is -2.41. The summed E-state index contributed by atoms with van der Waals surface area (Å²) in [4.78, 5) is 14.1. The maximum atomic E-state index is 12.9. The van der Waals surface area contributed by atoms with Gasteiger partial charge in [-0.2, -0.15) is 0 Å². The van der Waals surface area contributed by atoms with Crippen molar-refractivity contribution in [1.82, 2.24) is 0 Å². The zero-order chi connectivity index (χ0) is 15.7. The lowest BCUT2D eigenvalue weighted by molar-refractivity contribution is -0.130. The molecule has 1 saturated heterocycles. The van der Waals surface area contributed by atoms with E-state index in [4.69, 9.17) is 4.74 Å². The van der Waals surface area contributed by atoms with Gasteiger partial charge < -0.3 is 9.64 Å². The average Bonchev–Trinajstić information content (AvgIpc) is 2.50. The molecule has 22 heavy (non-hydrogen) atoms. The lowest BCUT2D eigenvalue weighted by atomic mass is 9.92. The lowest BCUT2D eigenvalue weighted by Crippen LogP contribution is -2.57. The Morgan fingerprint density at radius 3 is 2.36 bits per heavy atom. The molecule has 2 unspecified atom stereocenters. The van der Waals surface area contributed by atoms with Gasteiger partial charge in [-0.15, -0.1) is 0 Å². The van der Waals surface area contributed by atoms with Gasteiger partial charge in [0.05, 0.1) is 5.92 Å². The zero-order valence-electron chi connectivity index (χ0n) is 12.6. The Kier molecular flexibility index (Phi) is 3.84. The number of hydrogen-bond acceptors (Lipinski definition) is 2. The first-order valence-corrected chi connectivity index (χ1v) is 7.35. The molecule has 2 aromatic rings. The fraction of sp³-hybridized carbons (Fsp3) is 0.278. The van der Waals surface area contributed by atoms with E-state index in [0.717, 1.165) is 5.69 Å². The molecule has 4 heteroatoms. The van der Waals surface area contributed by atoms with Crippen molar-refractivity contribution >= 4 is 11.6 Å². The molecule has 1 aliphatic rings. The Morgan fingerprint density at radius 1 is 1.14 bits per heavy atom. The van der Waals surface area contributed by atoms with E-state index >= 15 is 0 Å². The van der Waals surface area contributed by atoms with E-state index < -0.39 is 0 Å². The molecule has 0 aromatic heterocycles. The van der Waals surface area contributed by atoms with Gasteiger partial charge in [-0.3, -0.25) is 4.79 Å². The number of carbonyl (C=O) groups is 1. The van der Waals surface area contributed by atoms with Gasteiger partial charge in [-0.25, -0.2) is 4.39 Å². The minimum absolute atomic E-state index is 0.0680. The zero-order valence-corrected chi connectivity index (χ0v) is 12.6. The predicted molar refractivity (Wildman–Crippen MR) is 83.5 cm³/mol. The van der Waals surface area contributed by atoms with Crippen LogP contribution in [0.3, 0.4) is 0 Å². The van der Waals surface area contributed by atoms with Crippen molar-refractivity contribution in [3.8, 4) is 5.75 Å². The number of anilines is 1. The highest BCUT2D eigenvalue weighted by Crippen LogP contribution is 2.30. The first-order valence-electron chi connectivity index (χ1n) is 7.35. The maximum absolute atomic E-state index is 12.9. The summed E-state index contributed by atoms with van der Waals surface area (Å²) >= 11 is 0. The van der Waals surface area contributed by atoms with Crippen LogP contribution in [0.1, 0.15) is 12.5 Å². The van der Waals surface area contributed by atoms with Crippen LogP contribution < -0.4 is 9.64 Å².